The second kappa shape index (κ2) is 17.2. The van der Waals surface area contributed by atoms with Crippen molar-refractivity contribution in [1.82, 2.24) is 10.4 Å². The van der Waals surface area contributed by atoms with E-state index in [1.54, 1.807) is 0 Å². The summed E-state index contributed by atoms with van der Waals surface area (Å²) in [7, 11) is 0. The lowest BCUT2D eigenvalue weighted by Gasteiger charge is -2.49. The molecule has 16 atom stereocenters. The van der Waals surface area contributed by atoms with Crippen LogP contribution in [0.4, 0.5) is 0 Å². The molecule has 0 aromatic rings. The molecular formula is C25H50N6O14. The molecule has 2 heterocycles. The lowest BCUT2D eigenvalue weighted by molar-refractivity contribution is -0.323. The molecule has 2 aliphatic heterocycles. The van der Waals surface area contributed by atoms with Crippen LogP contribution in [-0.2, 0) is 23.7 Å². The first-order chi connectivity index (χ1) is 21.2. The molecule has 3 rings (SSSR count). The molecule has 18 N–H and O–H groups in total. The minimum Gasteiger partial charge on any atom is -0.394 e. The number of aliphatic hydroxyl groups is 8. The Balaban J connectivity index is 1.82. The molecule has 2 saturated heterocycles. The predicted molar refractivity (Wildman–Crippen MR) is 149 cm³/mol. The summed E-state index contributed by atoms with van der Waals surface area (Å²) in [5.41, 5.74) is 23.8. The molecule has 0 aromatic heterocycles. The molecule has 1 saturated carbocycles. The summed E-state index contributed by atoms with van der Waals surface area (Å²) in [6, 6.07) is -3.62. The number of hydrogen-bond acceptors (Lipinski definition) is 19. The summed E-state index contributed by atoms with van der Waals surface area (Å²) in [5, 5.41) is 94.9. The van der Waals surface area contributed by atoms with Gasteiger partial charge in [-0.25, -0.2) is 5.06 Å². The van der Waals surface area contributed by atoms with Crippen molar-refractivity contribution in [3.8, 4) is 0 Å². The lowest BCUT2D eigenvalue weighted by Crippen LogP contribution is -2.68. The van der Waals surface area contributed by atoms with Crippen LogP contribution in [0, 0.1) is 5.92 Å². The average molecular weight is 659 g/mol. The normalized spacial score (nSPS) is 43.2. The van der Waals surface area contributed by atoms with Gasteiger partial charge in [0, 0.05) is 32.1 Å². The molecule has 264 valence electrons. The van der Waals surface area contributed by atoms with Crippen LogP contribution >= 0.6 is 0 Å². The fourth-order valence-corrected chi connectivity index (χ4v) is 5.72. The van der Waals surface area contributed by atoms with Gasteiger partial charge in [0.25, 0.3) is 0 Å². The fraction of sp³-hybridized carbons (Fsp3) is 0.960. The Bertz CT molecular complexity index is 914. The quantitative estimate of drug-likeness (QED) is 0.0608. The minimum atomic E-state index is -1.67. The van der Waals surface area contributed by atoms with Gasteiger partial charge in [-0.1, -0.05) is 0 Å². The molecule has 0 bridgehead atoms. The zero-order valence-corrected chi connectivity index (χ0v) is 24.7. The van der Waals surface area contributed by atoms with Crippen LogP contribution in [0.15, 0.2) is 0 Å². The van der Waals surface area contributed by atoms with Gasteiger partial charge in [-0.3, -0.25) is 10.0 Å². The number of rotatable bonds is 14. The molecule has 0 spiro atoms. The van der Waals surface area contributed by atoms with Gasteiger partial charge in [-0.2, -0.15) is 0 Å². The van der Waals surface area contributed by atoms with Crippen LogP contribution < -0.4 is 28.3 Å². The van der Waals surface area contributed by atoms with E-state index in [0.717, 1.165) is 0 Å². The molecule has 3 aliphatic rings. The van der Waals surface area contributed by atoms with E-state index in [2.05, 4.69) is 5.32 Å². The molecular weight excluding hydrogens is 608 g/mol. The fourth-order valence-electron chi connectivity index (χ4n) is 5.72. The number of carbonyl (C=O) groups is 1. The van der Waals surface area contributed by atoms with E-state index in [-0.39, 0.29) is 32.6 Å². The Morgan fingerprint density at radius 1 is 0.889 bits per heavy atom. The maximum Gasteiger partial charge on any atom is 0.246 e. The smallest absolute Gasteiger partial charge is 0.246 e. The van der Waals surface area contributed by atoms with Gasteiger partial charge in [0.05, 0.1) is 44.1 Å². The first-order valence-corrected chi connectivity index (χ1v) is 14.8. The molecule has 45 heavy (non-hydrogen) atoms. The lowest BCUT2D eigenvalue weighted by atomic mass is 9.77. The summed E-state index contributed by atoms with van der Waals surface area (Å²) in [5.74, 6) is -1.66. The van der Waals surface area contributed by atoms with E-state index < -0.39 is 123 Å². The van der Waals surface area contributed by atoms with E-state index in [1.165, 1.54) is 0 Å². The molecule has 0 radical (unpaired) electrons. The van der Waals surface area contributed by atoms with Gasteiger partial charge in [0.1, 0.15) is 48.8 Å². The number of nitrogens with zero attached hydrogens (tertiary/aromatic N) is 1. The molecule has 20 nitrogen and oxygen atoms in total. The molecule has 20 heteroatoms. The summed E-state index contributed by atoms with van der Waals surface area (Å²) in [6.45, 7) is -1.53. The second-order valence-corrected chi connectivity index (χ2v) is 11.7. The summed E-state index contributed by atoms with van der Waals surface area (Å²) in [4.78, 5) is 12.7. The van der Waals surface area contributed by atoms with Gasteiger partial charge in [-0.05, 0) is 12.3 Å². The van der Waals surface area contributed by atoms with Crippen molar-refractivity contribution in [3.05, 3.63) is 0 Å². The van der Waals surface area contributed by atoms with E-state index in [1.807, 2.05) is 0 Å². The van der Waals surface area contributed by atoms with E-state index in [4.69, 9.17) is 47.0 Å². The number of ether oxygens (including phenoxy) is 4. The number of amides is 1. The first-order valence-electron chi connectivity index (χ1n) is 14.8. The van der Waals surface area contributed by atoms with Gasteiger partial charge in [-0.15, -0.1) is 0 Å². The highest BCUT2D eigenvalue weighted by molar-refractivity contribution is 5.75. The topological polar surface area (TPSA) is 355 Å². The van der Waals surface area contributed by atoms with Gasteiger partial charge >= 0.3 is 0 Å². The number of hydrogen-bond donors (Lipinski definition) is 14. The Morgan fingerprint density at radius 3 is 2.16 bits per heavy atom. The standard InChI is InChI=1S/C25H50N6O14/c26-1-2-31(41)14(35)4-9-3-11(27)23(21(40)22(9)44-25-20(39)15(28)17(36)13(8-33)43-25)45-24-16(29)19(38)18(37)12(42-24)6-30-5-10(34)7-32/h9-13,15-25,30,32-34,36-41H,1-8,26-29H2/t9-,10?,11-,12+,13+,15-,16+,17+,18+,19+,20+,21+,22-,23?,24+,25+/m0/s1. The van der Waals surface area contributed by atoms with Crippen molar-refractivity contribution in [3.63, 3.8) is 0 Å². The average Bonchev–Trinajstić information content (AvgIpc) is 3.01. The number of nitrogens with two attached hydrogens (primary N) is 4. The molecule has 2 unspecified atom stereocenters. The maximum atomic E-state index is 12.7. The second-order valence-electron chi connectivity index (χ2n) is 11.7. The molecule has 1 aliphatic carbocycles. The number of nitrogens with one attached hydrogen (secondary N) is 1. The van der Waals surface area contributed by atoms with Gasteiger partial charge < -0.3 is 88.1 Å². The number of carbonyl (C=O) groups excluding carboxylic acids is 1. The van der Waals surface area contributed by atoms with Crippen LogP contribution in [0.3, 0.4) is 0 Å². The Labute approximate surface area is 259 Å². The van der Waals surface area contributed by atoms with Crippen molar-refractivity contribution >= 4 is 5.91 Å². The minimum absolute atomic E-state index is 0.0313. The van der Waals surface area contributed by atoms with E-state index >= 15 is 0 Å². The van der Waals surface area contributed by atoms with Crippen molar-refractivity contribution in [2.24, 2.45) is 28.9 Å². The predicted octanol–water partition coefficient (Wildman–Crippen LogP) is -8.49. The summed E-state index contributed by atoms with van der Waals surface area (Å²) >= 11 is 0. The molecule has 0 aromatic carbocycles. The van der Waals surface area contributed by atoms with Crippen LogP contribution in [-0.4, -0.2) is 188 Å². The highest BCUT2D eigenvalue weighted by Crippen LogP contribution is 2.36. The Morgan fingerprint density at radius 2 is 1.53 bits per heavy atom. The summed E-state index contributed by atoms with van der Waals surface area (Å²) < 4.78 is 23.2. The largest absolute Gasteiger partial charge is 0.394 e. The first kappa shape index (κ1) is 38.2. The third kappa shape index (κ3) is 9.22. The zero-order valence-electron chi connectivity index (χ0n) is 24.7. The molecule has 3 fully saturated rings. The van der Waals surface area contributed by atoms with Gasteiger partial charge in [0.15, 0.2) is 12.6 Å². The van der Waals surface area contributed by atoms with Crippen LogP contribution in [0.5, 0.6) is 0 Å². The van der Waals surface area contributed by atoms with Gasteiger partial charge in [0.2, 0.25) is 5.91 Å². The monoisotopic (exact) mass is 658 g/mol. The SMILES string of the molecule is NCCN(O)C(=O)C[C@@H]1C[C@H](N)C(O[C@H]2O[C@H](CNCC(O)CO)[C@@H](O)[C@H](O)[C@H]2N)[C@H](O)[C@H]1O[C@H]1O[C@H](CO)[C@@H](O)[C@H](N)[C@H]1O. The van der Waals surface area contributed by atoms with Crippen LogP contribution in [0.2, 0.25) is 0 Å². The van der Waals surface area contributed by atoms with Crippen molar-refractivity contribution in [1.29, 1.82) is 0 Å². The van der Waals surface area contributed by atoms with E-state index in [9.17, 15) is 45.7 Å². The Kier molecular flexibility index (Phi) is 14.6. The van der Waals surface area contributed by atoms with Crippen molar-refractivity contribution < 1.29 is 69.8 Å². The van der Waals surface area contributed by atoms with Crippen LogP contribution in [0.25, 0.3) is 0 Å². The highest BCUT2D eigenvalue weighted by Gasteiger charge is 2.52. The van der Waals surface area contributed by atoms with Crippen molar-refractivity contribution in [2.45, 2.75) is 105 Å². The Hall–Kier alpha value is -1.25. The summed E-state index contributed by atoms with van der Waals surface area (Å²) in [6.07, 6.45) is -17.3. The number of aliphatic hydroxyl groups excluding tert-OH is 8. The maximum absolute atomic E-state index is 12.7. The highest BCUT2D eigenvalue weighted by atomic mass is 16.7. The third-order valence-corrected chi connectivity index (χ3v) is 8.40. The van der Waals surface area contributed by atoms with Crippen molar-refractivity contribution in [2.75, 3.05) is 39.4 Å². The third-order valence-electron chi connectivity index (χ3n) is 8.40. The number of hydroxylamine groups is 2. The molecule has 1 amide bonds. The van der Waals surface area contributed by atoms with E-state index in [0.29, 0.717) is 5.06 Å². The van der Waals surface area contributed by atoms with Crippen LogP contribution in [0.1, 0.15) is 12.8 Å². The zero-order chi connectivity index (χ0) is 33.6.